The lowest BCUT2D eigenvalue weighted by Crippen LogP contribution is -2.44. The summed E-state index contributed by atoms with van der Waals surface area (Å²) in [5.41, 5.74) is -2.59. The van der Waals surface area contributed by atoms with Gasteiger partial charge in [-0.1, -0.05) is 12.1 Å². The number of nitrogens with zero attached hydrogens (tertiary/aromatic N) is 2. The first kappa shape index (κ1) is 15.3. The van der Waals surface area contributed by atoms with Gasteiger partial charge in [0.25, 0.3) is 5.91 Å². The lowest BCUT2D eigenvalue weighted by molar-refractivity contribution is -0.137. The second-order valence-corrected chi connectivity index (χ2v) is 5.24. The number of alkyl halides is 3. The van der Waals surface area contributed by atoms with E-state index in [4.69, 9.17) is 0 Å². The van der Waals surface area contributed by atoms with E-state index < -0.39 is 34.9 Å². The molecule has 0 bridgehead atoms. The Morgan fingerprint density at radius 3 is 2.19 bits per heavy atom. The number of likely N-dealkylation sites (N-methyl/N-ethyl adjacent to an activating group) is 1. The third-order valence-electron chi connectivity index (χ3n) is 3.59. The summed E-state index contributed by atoms with van der Waals surface area (Å²) in [4.78, 5) is 26.6. The van der Waals surface area contributed by atoms with Gasteiger partial charge < -0.3 is 4.90 Å². The van der Waals surface area contributed by atoms with E-state index in [2.05, 4.69) is 0 Å². The highest BCUT2D eigenvalue weighted by atomic mass is 19.4. The minimum atomic E-state index is -4.64. The van der Waals surface area contributed by atoms with Crippen molar-refractivity contribution in [2.45, 2.75) is 32.5 Å². The molecule has 3 amide bonds. The van der Waals surface area contributed by atoms with Crippen LogP contribution in [-0.2, 0) is 11.0 Å². The van der Waals surface area contributed by atoms with E-state index in [0.29, 0.717) is 4.90 Å². The summed E-state index contributed by atoms with van der Waals surface area (Å²) in [5, 5.41) is 0. The lowest BCUT2D eigenvalue weighted by Gasteiger charge is -2.25. The normalized spacial score (nSPS) is 18.6. The van der Waals surface area contributed by atoms with Crippen molar-refractivity contribution >= 4 is 17.6 Å². The molecule has 0 spiro atoms. The summed E-state index contributed by atoms with van der Waals surface area (Å²) in [6, 6.07) is 3.85. The van der Waals surface area contributed by atoms with E-state index >= 15 is 0 Å². The van der Waals surface area contributed by atoms with Crippen molar-refractivity contribution in [1.82, 2.24) is 4.90 Å². The van der Waals surface area contributed by atoms with Gasteiger partial charge in [-0.2, -0.15) is 13.2 Å². The Morgan fingerprint density at radius 1 is 1.14 bits per heavy atom. The summed E-state index contributed by atoms with van der Waals surface area (Å²) in [6.45, 7) is 4.95. The average molecular weight is 300 g/mol. The number of rotatable bonds is 2. The smallest absolute Gasteiger partial charge is 0.310 e. The van der Waals surface area contributed by atoms with Crippen molar-refractivity contribution in [3.05, 3.63) is 29.8 Å². The molecule has 114 valence electrons. The number of hydrogen-bond acceptors (Lipinski definition) is 2. The predicted octanol–water partition coefficient (Wildman–Crippen LogP) is 3.27. The first-order valence-electron chi connectivity index (χ1n) is 6.44. The molecule has 0 N–H and O–H groups in total. The van der Waals surface area contributed by atoms with Crippen molar-refractivity contribution in [3.8, 4) is 0 Å². The van der Waals surface area contributed by atoms with Crippen LogP contribution < -0.4 is 4.90 Å². The molecule has 0 aromatic heterocycles. The molecular formula is C14H15F3N2O2. The zero-order chi connectivity index (χ0) is 16.0. The van der Waals surface area contributed by atoms with Gasteiger partial charge in [-0.05, 0) is 32.9 Å². The van der Waals surface area contributed by atoms with E-state index in [1.165, 1.54) is 30.9 Å². The van der Waals surface area contributed by atoms with Crippen LogP contribution in [0.15, 0.2) is 24.3 Å². The van der Waals surface area contributed by atoms with Crippen LogP contribution in [-0.4, -0.2) is 28.9 Å². The Hall–Kier alpha value is -2.05. The molecule has 7 heteroatoms. The van der Waals surface area contributed by atoms with Gasteiger partial charge in [0.05, 0.1) is 11.3 Å². The quantitative estimate of drug-likeness (QED) is 0.786. The van der Waals surface area contributed by atoms with Gasteiger partial charge in [-0.3, -0.25) is 4.79 Å². The van der Waals surface area contributed by atoms with Crippen molar-refractivity contribution < 1.29 is 22.8 Å². The number of carbonyl (C=O) groups excluding carboxylic acids is 2. The number of benzene rings is 1. The lowest BCUT2D eigenvalue weighted by atomic mass is 10.0. The maximum absolute atomic E-state index is 13.1. The SMILES string of the molecule is CCN1C(=O)N(c2ccccc2C(F)(F)F)C(=O)C1(C)C. The van der Waals surface area contributed by atoms with E-state index in [1.54, 1.807) is 6.92 Å². The van der Waals surface area contributed by atoms with Crippen LogP contribution >= 0.6 is 0 Å². The zero-order valence-electron chi connectivity index (χ0n) is 11.9. The van der Waals surface area contributed by atoms with Gasteiger partial charge in [0.2, 0.25) is 0 Å². The van der Waals surface area contributed by atoms with E-state index in [1.807, 2.05) is 0 Å². The highest BCUT2D eigenvalue weighted by molar-refractivity contribution is 6.23. The van der Waals surface area contributed by atoms with Crippen molar-refractivity contribution in [1.29, 1.82) is 0 Å². The number of carbonyl (C=O) groups is 2. The maximum atomic E-state index is 13.1. The Morgan fingerprint density at radius 2 is 1.71 bits per heavy atom. The zero-order valence-corrected chi connectivity index (χ0v) is 11.9. The molecule has 0 aliphatic carbocycles. The molecule has 1 aromatic carbocycles. The highest BCUT2D eigenvalue weighted by Crippen LogP contribution is 2.40. The molecule has 0 radical (unpaired) electrons. The van der Waals surface area contributed by atoms with E-state index in [-0.39, 0.29) is 6.54 Å². The fourth-order valence-corrected chi connectivity index (χ4v) is 2.49. The van der Waals surface area contributed by atoms with Crippen LogP contribution in [0.4, 0.5) is 23.7 Å². The molecule has 1 aromatic rings. The highest BCUT2D eigenvalue weighted by Gasteiger charge is 2.52. The molecule has 4 nitrogen and oxygen atoms in total. The van der Waals surface area contributed by atoms with Crippen LogP contribution in [0.2, 0.25) is 0 Å². The molecule has 1 aliphatic rings. The van der Waals surface area contributed by atoms with Gasteiger partial charge in [0.15, 0.2) is 0 Å². The molecule has 21 heavy (non-hydrogen) atoms. The van der Waals surface area contributed by atoms with E-state index in [0.717, 1.165) is 12.1 Å². The van der Waals surface area contributed by atoms with Gasteiger partial charge >= 0.3 is 12.2 Å². The Bertz CT molecular complexity index is 596. The second-order valence-electron chi connectivity index (χ2n) is 5.24. The molecule has 1 saturated heterocycles. The molecule has 1 aliphatic heterocycles. The molecular weight excluding hydrogens is 285 g/mol. The van der Waals surface area contributed by atoms with Crippen LogP contribution in [0.5, 0.6) is 0 Å². The number of urea groups is 1. The Kier molecular flexibility index (Phi) is 3.47. The summed E-state index contributed by atoms with van der Waals surface area (Å²) < 4.78 is 39.2. The number of para-hydroxylation sites is 1. The third-order valence-corrected chi connectivity index (χ3v) is 3.59. The standard InChI is InChI=1S/C14H15F3N2O2/c1-4-18-12(21)19(11(20)13(18,2)3)10-8-6-5-7-9(10)14(15,16)17/h5-8H,4H2,1-3H3. The monoisotopic (exact) mass is 300 g/mol. The Labute approximate surface area is 120 Å². The summed E-state index contributed by atoms with van der Waals surface area (Å²) in [6.07, 6.45) is -4.64. The average Bonchev–Trinajstić information content (AvgIpc) is 2.55. The number of anilines is 1. The van der Waals surface area contributed by atoms with Gasteiger partial charge in [-0.15, -0.1) is 0 Å². The van der Waals surface area contributed by atoms with E-state index in [9.17, 15) is 22.8 Å². The predicted molar refractivity (Wildman–Crippen MR) is 70.8 cm³/mol. The summed E-state index contributed by atoms with van der Waals surface area (Å²) in [5.74, 6) is -0.661. The molecule has 0 unspecified atom stereocenters. The molecule has 1 heterocycles. The topological polar surface area (TPSA) is 40.6 Å². The van der Waals surface area contributed by atoms with Gasteiger partial charge in [-0.25, -0.2) is 9.69 Å². The number of imide groups is 1. The van der Waals surface area contributed by atoms with Crippen LogP contribution in [0.3, 0.4) is 0 Å². The number of amides is 3. The molecule has 0 saturated carbocycles. The number of hydrogen-bond donors (Lipinski definition) is 0. The third kappa shape index (κ3) is 2.26. The molecule has 1 fully saturated rings. The molecule has 2 rings (SSSR count). The largest absolute Gasteiger partial charge is 0.418 e. The fourth-order valence-electron chi connectivity index (χ4n) is 2.49. The van der Waals surface area contributed by atoms with Crippen LogP contribution in [0, 0.1) is 0 Å². The van der Waals surface area contributed by atoms with Crippen molar-refractivity contribution in [2.75, 3.05) is 11.4 Å². The van der Waals surface area contributed by atoms with Crippen molar-refractivity contribution in [3.63, 3.8) is 0 Å². The summed E-state index contributed by atoms with van der Waals surface area (Å²) >= 11 is 0. The fraction of sp³-hybridized carbons (Fsp3) is 0.429. The minimum absolute atomic E-state index is 0.238. The molecule has 0 atom stereocenters. The summed E-state index contributed by atoms with van der Waals surface area (Å²) in [7, 11) is 0. The van der Waals surface area contributed by atoms with Gasteiger partial charge in [0.1, 0.15) is 5.54 Å². The maximum Gasteiger partial charge on any atom is 0.418 e. The van der Waals surface area contributed by atoms with Crippen LogP contribution in [0.25, 0.3) is 0 Å². The Balaban J connectivity index is 2.59. The first-order chi connectivity index (χ1) is 9.62. The number of halogens is 3. The van der Waals surface area contributed by atoms with Gasteiger partial charge in [0, 0.05) is 6.54 Å². The first-order valence-corrected chi connectivity index (χ1v) is 6.44. The van der Waals surface area contributed by atoms with Crippen LogP contribution in [0.1, 0.15) is 26.3 Å². The minimum Gasteiger partial charge on any atom is -0.310 e. The second kappa shape index (κ2) is 4.75. The van der Waals surface area contributed by atoms with Crippen molar-refractivity contribution in [2.24, 2.45) is 0 Å².